The van der Waals surface area contributed by atoms with E-state index < -0.39 is 0 Å². The molecule has 2 heteroatoms. The van der Waals surface area contributed by atoms with E-state index in [1.807, 2.05) is 0 Å². The van der Waals surface area contributed by atoms with E-state index in [9.17, 15) is 5.11 Å². The van der Waals surface area contributed by atoms with Gasteiger partial charge < -0.3 is 5.11 Å². The number of hydrogen-bond donors (Lipinski definition) is 1. The van der Waals surface area contributed by atoms with Gasteiger partial charge in [-0.15, -0.1) is 0 Å². The van der Waals surface area contributed by atoms with Gasteiger partial charge in [-0.1, -0.05) is 37.3 Å². The third kappa shape index (κ3) is 1.90. The van der Waals surface area contributed by atoms with E-state index in [1.165, 1.54) is 25.1 Å². The monoisotopic (exact) mass is 231 g/mol. The highest BCUT2D eigenvalue weighted by Crippen LogP contribution is 2.61. The lowest BCUT2D eigenvalue weighted by molar-refractivity contribution is 0.233. The van der Waals surface area contributed by atoms with Crippen molar-refractivity contribution in [2.75, 3.05) is 19.7 Å². The van der Waals surface area contributed by atoms with Crippen LogP contribution in [0.2, 0.25) is 0 Å². The summed E-state index contributed by atoms with van der Waals surface area (Å²) in [5, 5.41) is 9.31. The van der Waals surface area contributed by atoms with E-state index >= 15 is 0 Å². The molecule has 92 valence electrons. The number of likely N-dealkylation sites (tertiary alicyclic amines) is 1. The Bertz CT molecular complexity index is 391. The normalized spacial score (nSPS) is 36.6. The van der Waals surface area contributed by atoms with E-state index in [4.69, 9.17) is 0 Å². The molecule has 1 aromatic rings. The summed E-state index contributed by atoms with van der Waals surface area (Å²) in [7, 11) is 0. The smallest absolute Gasteiger partial charge is 0.0465 e. The van der Waals surface area contributed by atoms with Crippen LogP contribution in [0.1, 0.15) is 18.9 Å². The van der Waals surface area contributed by atoms with Crippen molar-refractivity contribution in [2.24, 2.45) is 17.3 Å². The van der Waals surface area contributed by atoms with Crippen molar-refractivity contribution in [3.05, 3.63) is 35.9 Å². The molecule has 1 aliphatic carbocycles. The van der Waals surface area contributed by atoms with Crippen molar-refractivity contribution in [3.8, 4) is 0 Å². The van der Waals surface area contributed by atoms with Gasteiger partial charge in [0.25, 0.3) is 0 Å². The van der Waals surface area contributed by atoms with Crippen LogP contribution in [-0.4, -0.2) is 29.7 Å². The zero-order valence-electron chi connectivity index (χ0n) is 10.5. The molecule has 1 aromatic carbocycles. The van der Waals surface area contributed by atoms with Crippen LogP contribution in [0.25, 0.3) is 0 Å². The Morgan fingerprint density at radius 3 is 2.76 bits per heavy atom. The predicted molar refractivity (Wildman–Crippen MR) is 68.5 cm³/mol. The zero-order valence-corrected chi connectivity index (χ0v) is 10.5. The molecular weight excluding hydrogens is 210 g/mol. The van der Waals surface area contributed by atoms with Crippen molar-refractivity contribution in [1.29, 1.82) is 0 Å². The summed E-state index contributed by atoms with van der Waals surface area (Å²) >= 11 is 0. The van der Waals surface area contributed by atoms with E-state index in [-0.39, 0.29) is 0 Å². The first-order valence-electron chi connectivity index (χ1n) is 6.62. The van der Waals surface area contributed by atoms with Crippen LogP contribution in [0.15, 0.2) is 30.3 Å². The van der Waals surface area contributed by atoms with Crippen LogP contribution in [0.3, 0.4) is 0 Å². The summed E-state index contributed by atoms with van der Waals surface area (Å²) in [6, 6.07) is 10.7. The summed E-state index contributed by atoms with van der Waals surface area (Å²) in [5.74, 6) is 1.31. The van der Waals surface area contributed by atoms with Gasteiger partial charge in [-0.3, -0.25) is 4.90 Å². The lowest BCUT2D eigenvalue weighted by Crippen LogP contribution is -2.21. The quantitative estimate of drug-likeness (QED) is 0.861. The van der Waals surface area contributed by atoms with Gasteiger partial charge in [0.1, 0.15) is 0 Å². The van der Waals surface area contributed by atoms with Crippen LogP contribution >= 0.6 is 0 Å². The molecule has 1 saturated carbocycles. The first-order valence-corrected chi connectivity index (χ1v) is 6.62. The summed E-state index contributed by atoms with van der Waals surface area (Å²) in [5.41, 5.74) is 1.85. The largest absolute Gasteiger partial charge is 0.396 e. The SMILES string of the molecule is C[C@H]1CN(Cc2ccccc2)CC12C[C@H]2CO. The van der Waals surface area contributed by atoms with Crippen molar-refractivity contribution < 1.29 is 5.11 Å². The topological polar surface area (TPSA) is 23.5 Å². The van der Waals surface area contributed by atoms with Crippen LogP contribution < -0.4 is 0 Å². The Hall–Kier alpha value is -0.860. The standard InChI is InChI=1S/C15H21NO/c1-12-8-16(9-13-5-3-2-4-6-13)11-15(12)7-14(15)10-17/h2-6,12,14,17H,7-11H2,1H3/t12-,14-,15?/m0/s1. The van der Waals surface area contributed by atoms with Crippen LogP contribution in [0.5, 0.6) is 0 Å². The number of aliphatic hydroxyl groups excluding tert-OH is 1. The number of aliphatic hydroxyl groups is 1. The zero-order chi connectivity index (χ0) is 11.9. The van der Waals surface area contributed by atoms with Gasteiger partial charge in [0, 0.05) is 26.2 Å². The van der Waals surface area contributed by atoms with Gasteiger partial charge in [0.15, 0.2) is 0 Å². The average molecular weight is 231 g/mol. The van der Waals surface area contributed by atoms with E-state index in [0.717, 1.165) is 12.5 Å². The average Bonchev–Trinajstić information content (AvgIpc) is 2.96. The first-order chi connectivity index (χ1) is 8.24. The fourth-order valence-electron chi connectivity index (χ4n) is 3.61. The molecule has 1 aliphatic heterocycles. The van der Waals surface area contributed by atoms with Crippen molar-refractivity contribution in [2.45, 2.75) is 19.9 Å². The molecule has 1 spiro atoms. The lowest BCUT2D eigenvalue weighted by atomic mass is 9.92. The first kappa shape index (κ1) is 11.2. The lowest BCUT2D eigenvalue weighted by Gasteiger charge is -2.16. The molecule has 0 bridgehead atoms. The van der Waals surface area contributed by atoms with E-state index in [1.54, 1.807) is 0 Å². The van der Waals surface area contributed by atoms with Gasteiger partial charge >= 0.3 is 0 Å². The Balaban J connectivity index is 1.65. The second-order valence-corrected chi connectivity index (χ2v) is 5.87. The minimum Gasteiger partial charge on any atom is -0.396 e. The van der Waals surface area contributed by atoms with Gasteiger partial charge in [-0.25, -0.2) is 0 Å². The minimum atomic E-state index is 0.378. The van der Waals surface area contributed by atoms with Crippen molar-refractivity contribution in [1.82, 2.24) is 4.90 Å². The Morgan fingerprint density at radius 2 is 2.12 bits per heavy atom. The molecule has 1 unspecified atom stereocenters. The number of nitrogens with zero attached hydrogens (tertiary/aromatic N) is 1. The molecule has 0 radical (unpaired) electrons. The maximum Gasteiger partial charge on any atom is 0.0465 e. The summed E-state index contributed by atoms with van der Waals surface area (Å²) in [4.78, 5) is 2.55. The van der Waals surface area contributed by atoms with E-state index in [0.29, 0.717) is 17.9 Å². The summed E-state index contributed by atoms with van der Waals surface area (Å²) < 4.78 is 0. The maximum absolute atomic E-state index is 9.31. The molecular formula is C15H21NO. The summed E-state index contributed by atoms with van der Waals surface area (Å²) in [6.07, 6.45) is 1.23. The number of rotatable bonds is 3. The van der Waals surface area contributed by atoms with Crippen LogP contribution in [0, 0.1) is 17.3 Å². The Morgan fingerprint density at radius 1 is 1.35 bits per heavy atom. The maximum atomic E-state index is 9.31. The number of hydrogen-bond acceptors (Lipinski definition) is 2. The van der Waals surface area contributed by atoms with Gasteiger partial charge in [0.2, 0.25) is 0 Å². The predicted octanol–water partition coefficient (Wildman–Crippen LogP) is 2.14. The fourth-order valence-corrected chi connectivity index (χ4v) is 3.61. The molecule has 17 heavy (non-hydrogen) atoms. The minimum absolute atomic E-state index is 0.378. The molecule has 1 saturated heterocycles. The molecule has 0 aromatic heterocycles. The highest BCUT2D eigenvalue weighted by atomic mass is 16.3. The molecule has 2 nitrogen and oxygen atoms in total. The van der Waals surface area contributed by atoms with Gasteiger partial charge in [-0.05, 0) is 29.2 Å². The van der Waals surface area contributed by atoms with Gasteiger partial charge in [0.05, 0.1) is 0 Å². The Kier molecular flexibility index (Phi) is 2.72. The van der Waals surface area contributed by atoms with Crippen LogP contribution in [0.4, 0.5) is 0 Å². The highest BCUT2D eigenvalue weighted by molar-refractivity contribution is 5.16. The molecule has 1 N–H and O–H groups in total. The van der Waals surface area contributed by atoms with Crippen molar-refractivity contribution in [3.63, 3.8) is 0 Å². The second-order valence-electron chi connectivity index (χ2n) is 5.87. The second kappa shape index (κ2) is 4.11. The third-order valence-corrected chi connectivity index (χ3v) is 4.78. The molecule has 2 fully saturated rings. The van der Waals surface area contributed by atoms with Crippen molar-refractivity contribution >= 4 is 0 Å². The highest BCUT2D eigenvalue weighted by Gasteiger charge is 2.60. The molecule has 2 aliphatic rings. The molecule has 3 atom stereocenters. The summed E-state index contributed by atoms with van der Waals surface area (Å²) in [6.45, 7) is 6.15. The third-order valence-electron chi connectivity index (χ3n) is 4.78. The fraction of sp³-hybridized carbons (Fsp3) is 0.600. The number of benzene rings is 1. The van der Waals surface area contributed by atoms with E-state index in [2.05, 4.69) is 42.2 Å². The Labute approximate surface area is 103 Å². The van der Waals surface area contributed by atoms with Crippen LogP contribution in [-0.2, 0) is 6.54 Å². The van der Waals surface area contributed by atoms with Gasteiger partial charge in [-0.2, -0.15) is 0 Å². The molecule has 0 amide bonds. The molecule has 3 rings (SSSR count). The molecule has 1 heterocycles.